The van der Waals surface area contributed by atoms with Crippen LogP contribution in [0, 0.1) is 46.3 Å². The van der Waals surface area contributed by atoms with Crippen LogP contribution in [0.25, 0.3) is 0 Å². The van der Waals surface area contributed by atoms with Crippen LogP contribution in [0.4, 0.5) is 0 Å². The summed E-state index contributed by atoms with van der Waals surface area (Å²) in [5.74, 6) is 3.35. The van der Waals surface area contributed by atoms with Crippen LogP contribution in [0.1, 0.15) is 85.0 Å². The Balaban J connectivity index is 1.53. The molecule has 9 atom stereocenters. The smallest absolute Gasteiger partial charge is 0.305 e. The van der Waals surface area contributed by atoms with Crippen molar-refractivity contribution in [1.82, 2.24) is 0 Å². The van der Waals surface area contributed by atoms with Gasteiger partial charge in [0.15, 0.2) is 0 Å². The van der Waals surface area contributed by atoms with Crippen molar-refractivity contribution >= 4 is 11.8 Å². The van der Waals surface area contributed by atoms with Gasteiger partial charge in [-0.15, -0.1) is 0 Å². The number of fused-ring (bicyclic) bond motifs is 5. The largest absolute Gasteiger partial charge is 0.469 e. The van der Waals surface area contributed by atoms with Gasteiger partial charge in [0.25, 0.3) is 0 Å². The van der Waals surface area contributed by atoms with E-state index in [0.29, 0.717) is 54.1 Å². The maximum absolute atomic E-state index is 12.1. The van der Waals surface area contributed by atoms with Gasteiger partial charge in [-0.1, -0.05) is 20.8 Å². The van der Waals surface area contributed by atoms with Gasteiger partial charge >= 0.3 is 5.97 Å². The lowest BCUT2D eigenvalue weighted by atomic mass is 9.44. The van der Waals surface area contributed by atoms with Gasteiger partial charge in [-0.05, 0) is 91.3 Å². The Labute approximate surface area is 176 Å². The number of methoxy groups -OCH3 is 1. The van der Waals surface area contributed by atoms with E-state index >= 15 is 0 Å². The van der Waals surface area contributed by atoms with E-state index in [4.69, 9.17) is 4.74 Å². The predicted octanol–water partition coefficient (Wildman–Crippen LogP) is 4.77. The molecular formula is C25H40O4. The van der Waals surface area contributed by atoms with E-state index in [1.165, 1.54) is 32.8 Å². The highest BCUT2D eigenvalue weighted by Crippen LogP contribution is 2.68. The summed E-state index contributed by atoms with van der Waals surface area (Å²) < 4.78 is 4.85. The van der Waals surface area contributed by atoms with Crippen molar-refractivity contribution < 1.29 is 19.4 Å². The molecule has 4 aliphatic rings. The second-order valence-electron chi connectivity index (χ2n) is 11.4. The molecule has 0 heterocycles. The van der Waals surface area contributed by atoms with E-state index in [2.05, 4.69) is 20.8 Å². The fourth-order valence-corrected chi connectivity index (χ4v) is 8.64. The highest BCUT2D eigenvalue weighted by Gasteiger charge is 2.62. The molecule has 4 saturated carbocycles. The van der Waals surface area contributed by atoms with E-state index in [9.17, 15) is 14.7 Å². The summed E-state index contributed by atoms with van der Waals surface area (Å²) in [6.07, 6.45) is 9.27. The predicted molar refractivity (Wildman–Crippen MR) is 112 cm³/mol. The third-order valence-corrected chi connectivity index (χ3v) is 10.3. The molecule has 4 rings (SSSR count). The van der Waals surface area contributed by atoms with Gasteiger partial charge in [0.05, 0.1) is 13.2 Å². The molecule has 4 fully saturated rings. The number of esters is 1. The number of aliphatic hydroxyl groups is 1. The SMILES string of the molecule is COC(=O)CC[C@@H](C)C1CCC2C3C(CCC21C)C1(C)CCC(=O)C[C@@H]1C[C@H]3O. The zero-order valence-electron chi connectivity index (χ0n) is 18.8. The second-order valence-corrected chi connectivity index (χ2v) is 11.4. The third kappa shape index (κ3) is 3.38. The number of Topliss-reactive ketones (excluding diaryl/α,β-unsaturated/α-hetero) is 1. The molecule has 4 heteroatoms. The van der Waals surface area contributed by atoms with Gasteiger partial charge in [-0.25, -0.2) is 0 Å². The second kappa shape index (κ2) is 7.66. The molecule has 29 heavy (non-hydrogen) atoms. The highest BCUT2D eigenvalue weighted by molar-refractivity contribution is 5.79. The molecule has 4 nitrogen and oxygen atoms in total. The van der Waals surface area contributed by atoms with Crippen molar-refractivity contribution in [3.8, 4) is 0 Å². The maximum Gasteiger partial charge on any atom is 0.305 e. The Kier molecular flexibility index (Phi) is 5.63. The lowest BCUT2D eigenvalue weighted by Gasteiger charge is -2.62. The summed E-state index contributed by atoms with van der Waals surface area (Å²) in [4.78, 5) is 23.7. The highest BCUT2D eigenvalue weighted by atomic mass is 16.5. The van der Waals surface area contributed by atoms with Gasteiger partial charge in [-0.3, -0.25) is 9.59 Å². The first-order chi connectivity index (χ1) is 13.7. The quantitative estimate of drug-likeness (QED) is 0.685. The molecule has 4 aliphatic carbocycles. The van der Waals surface area contributed by atoms with Crippen molar-refractivity contribution in [2.45, 2.75) is 91.1 Å². The Hall–Kier alpha value is -0.900. The van der Waals surface area contributed by atoms with Crippen LogP contribution in [0.2, 0.25) is 0 Å². The number of aliphatic hydroxyl groups excluding tert-OH is 1. The van der Waals surface area contributed by atoms with Crippen LogP contribution in [-0.2, 0) is 14.3 Å². The first kappa shape index (κ1) is 21.3. The molecule has 0 radical (unpaired) electrons. The Morgan fingerprint density at radius 2 is 1.90 bits per heavy atom. The number of hydrogen-bond acceptors (Lipinski definition) is 4. The molecule has 0 aromatic rings. The molecule has 0 aliphatic heterocycles. The molecule has 0 amide bonds. The molecule has 0 aromatic carbocycles. The summed E-state index contributed by atoms with van der Waals surface area (Å²) in [5.41, 5.74) is 0.499. The average Bonchev–Trinajstić information content (AvgIpc) is 3.04. The van der Waals surface area contributed by atoms with Crippen molar-refractivity contribution in [2.24, 2.45) is 46.3 Å². The summed E-state index contributed by atoms with van der Waals surface area (Å²) in [6.45, 7) is 7.22. The van der Waals surface area contributed by atoms with Crippen LogP contribution in [0.3, 0.4) is 0 Å². The monoisotopic (exact) mass is 404 g/mol. The van der Waals surface area contributed by atoms with Crippen LogP contribution in [0.15, 0.2) is 0 Å². The van der Waals surface area contributed by atoms with Crippen LogP contribution in [0.5, 0.6) is 0 Å². The van der Waals surface area contributed by atoms with Crippen LogP contribution in [-0.4, -0.2) is 30.1 Å². The molecular weight excluding hydrogens is 364 g/mol. The van der Waals surface area contributed by atoms with E-state index in [1.807, 2.05) is 0 Å². The molecule has 0 bridgehead atoms. The fraction of sp³-hybridized carbons (Fsp3) is 0.920. The van der Waals surface area contributed by atoms with Gasteiger partial charge < -0.3 is 9.84 Å². The third-order valence-electron chi connectivity index (χ3n) is 10.3. The normalized spacial score (nSPS) is 47.7. The van der Waals surface area contributed by atoms with Crippen LogP contribution < -0.4 is 0 Å². The summed E-state index contributed by atoms with van der Waals surface area (Å²) in [7, 11) is 1.47. The van der Waals surface area contributed by atoms with Crippen molar-refractivity contribution in [2.75, 3.05) is 7.11 Å². The number of hydrogen-bond donors (Lipinski definition) is 1. The first-order valence-electron chi connectivity index (χ1n) is 12.0. The molecule has 164 valence electrons. The average molecular weight is 405 g/mol. The lowest BCUT2D eigenvalue weighted by molar-refractivity contribution is -0.169. The standard InChI is InChI=1S/C25H40O4/c1-15(5-8-22(28)29-4)18-6-7-19-23-20(10-12-25(18,19)3)24(2)11-9-17(26)13-16(24)14-21(23)27/h15-16,18-21,23,27H,5-14H2,1-4H3/t15-,16-,18?,19?,20?,21-,23?,24?,25?/m1/s1. The van der Waals surface area contributed by atoms with Gasteiger partial charge in [-0.2, -0.15) is 0 Å². The van der Waals surface area contributed by atoms with Gasteiger partial charge in [0.2, 0.25) is 0 Å². The summed E-state index contributed by atoms with van der Waals surface area (Å²) in [5, 5.41) is 11.3. The molecule has 0 aromatic heterocycles. The first-order valence-corrected chi connectivity index (χ1v) is 12.0. The van der Waals surface area contributed by atoms with E-state index in [0.717, 1.165) is 25.7 Å². The Morgan fingerprint density at radius 1 is 1.17 bits per heavy atom. The number of ether oxygens (including phenoxy) is 1. The minimum atomic E-state index is -0.252. The van der Waals surface area contributed by atoms with Crippen molar-refractivity contribution in [3.63, 3.8) is 0 Å². The molecule has 0 spiro atoms. The van der Waals surface area contributed by atoms with Gasteiger partial charge in [0.1, 0.15) is 5.78 Å². The van der Waals surface area contributed by atoms with E-state index in [-0.39, 0.29) is 22.9 Å². The number of ketones is 1. The molecule has 6 unspecified atom stereocenters. The maximum atomic E-state index is 12.1. The van der Waals surface area contributed by atoms with E-state index in [1.54, 1.807) is 0 Å². The Bertz CT molecular complexity index is 659. The van der Waals surface area contributed by atoms with Crippen LogP contribution >= 0.6 is 0 Å². The summed E-state index contributed by atoms with van der Waals surface area (Å²) >= 11 is 0. The van der Waals surface area contributed by atoms with Crippen molar-refractivity contribution in [3.05, 3.63) is 0 Å². The number of carbonyl (C=O) groups excluding carboxylic acids is 2. The number of carbonyl (C=O) groups is 2. The zero-order valence-corrected chi connectivity index (χ0v) is 18.8. The number of rotatable bonds is 4. The topological polar surface area (TPSA) is 63.6 Å². The minimum absolute atomic E-state index is 0.103. The zero-order chi connectivity index (χ0) is 21.0. The minimum Gasteiger partial charge on any atom is -0.469 e. The van der Waals surface area contributed by atoms with E-state index < -0.39 is 0 Å². The fourth-order valence-electron chi connectivity index (χ4n) is 8.64. The van der Waals surface area contributed by atoms with Crippen molar-refractivity contribution in [1.29, 1.82) is 0 Å². The Morgan fingerprint density at radius 3 is 2.62 bits per heavy atom. The lowest BCUT2D eigenvalue weighted by Crippen LogP contribution is -2.58. The summed E-state index contributed by atoms with van der Waals surface area (Å²) in [6, 6.07) is 0. The molecule has 0 saturated heterocycles. The molecule has 1 N–H and O–H groups in total. The van der Waals surface area contributed by atoms with Gasteiger partial charge in [0, 0.05) is 19.3 Å².